The van der Waals surface area contributed by atoms with Crippen LogP contribution in [0.5, 0.6) is 0 Å². The molecule has 0 aliphatic heterocycles. The van der Waals surface area contributed by atoms with Gasteiger partial charge in [0.05, 0.1) is 6.04 Å². The minimum Gasteiger partial charge on any atom is -0.353 e. The van der Waals surface area contributed by atoms with E-state index in [4.69, 9.17) is 5.73 Å². The molecule has 4 nitrogen and oxygen atoms in total. The van der Waals surface area contributed by atoms with Gasteiger partial charge in [0.2, 0.25) is 5.91 Å². The van der Waals surface area contributed by atoms with Crippen LogP contribution < -0.4 is 11.1 Å². The van der Waals surface area contributed by atoms with Gasteiger partial charge in [-0.2, -0.15) is 0 Å². The lowest BCUT2D eigenvalue weighted by molar-refractivity contribution is -0.122. The average molecular weight is 288 g/mol. The second kappa shape index (κ2) is 14.0. The first kappa shape index (κ1) is 22.2. The fourth-order valence-corrected chi connectivity index (χ4v) is 1.40. The summed E-state index contributed by atoms with van der Waals surface area (Å²) in [7, 11) is 0. The monoisotopic (exact) mass is 287 g/mol. The highest BCUT2D eigenvalue weighted by molar-refractivity contribution is 5.85. The van der Waals surface area contributed by atoms with Crippen LogP contribution in [0.2, 0.25) is 0 Å². The van der Waals surface area contributed by atoms with E-state index in [1.807, 2.05) is 6.92 Å². The van der Waals surface area contributed by atoms with E-state index >= 15 is 0 Å². The normalized spacial score (nSPS) is 11.4. The fraction of sp³-hybridized carbons (Fsp3) is 0.909. The highest BCUT2D eigenvalue weighted by atomic mass is 35.5. The summed E-state index contributed by atoms with van der Waals surface area (Å²) in [6, 6.07) is -0.355. The largest absolute Gasteiger partial charge is 0.353 e. The summed E-state index contributed by atoms with van der Waals surface area (Å²) >= 11 is 0. The average Bonchev–Trinajstić information content (AvgIpc) is 2.26. The first-order chi connectivity index (χ1) is 7.15. The van der Waals surface area contributed by atoms with E-state index in [0.29, 0.717) is 13.0 Å². The van der Waals surface area contributed by atoms with Crippen LogP contribution in [0.15, 0.2) is 0 Å². The minimum absolute atomic E-state index is 0. The van der Waals surface area contributed by atoms with E-state index in [2.05, 4.69) is 24.1 Å². The van der Waals surface area contributed by atoms with Crippen LogP contribution in [-0.4, -0.2) is 43.0 Å². The summed E-state index contributed by atoms with van der Waals surface area (Å²) in [5.74, 6) is -0.0370. The molecule has 0 saturated heterocycles. The van der Waals surface area contributed by atoms with Gasteiger partial charge in [0.25, 0.3) is 0 Å². The number of carbonyl (C=O) groups excluding carboxylic acids is 1. The highest BCUT2D eigenvalue weighted by Crippen LogP contribution is 1.90. The Morgan fingerprint density at radius 3 is 2.24 bits per heavy atom. The summed E-state index contributed by atoms with van der Waals surface area (Å²) in [4.78, 5) is 13.7. The molecule has 0 radical (unpaired) electrons. The van der Waals surface area contributed by atoms with Gasteiger partial charge in [0, 0.05) is 13.1 Å². The third kappa shape index (κ3) is 10.8. The van der Waals surface area contributed by atoms with Crippen molar-refractivity contribution in [1.29, 1.82) is 0 Å². The van der Waals surface area contributed by atoms with Gasteiger partial charge in [-0.25, -0.2) is 0 Å². The molecule has 0 heterocycles. The molecule has 0 aliphatic carbocycles. The molecule has 0 rings (SSSR count). The number of halogens is 2. The number of nitrogens with two attached hydrogens (primary N) is 1. The number of hydrogen-bond acceptors (Lipinski definition) is 3. The lowest BCUT2D eigenvalue weighted by Crippen LogP contribution is -2.43. The molecule has 0 aliphatic rings. The third-order valence-corrected chi connectivity index (χ3v) is 2.49. The maximum absolute atomic E-state index is 11.3. The van der Waals surface area contributed by atoms with Crippen LogP contribution in [0.25, 0.3) is 0 Å². The molecule has 0 aromatic rings. The van der Waals surface area contributed by atoms with Gasteiger partial charge < -0.3 is 16.0 Å². The zero-order valence-electron chi connectivity index (χ0n) is 11.1. The van der Waals surface area contributed by atoms with Crippen molar-refractivity contribution in [2.45, 2.75) is 39.7 Å². The van der Waals surface area contributed by atoms with Gasteiger partial charge in [-0.1, -0.05) is 20.8 Å². The maximum Gasteiger partial charge on any atom is 0.236 e. The number of rotatable bonds is 8. The molecule has 1 amide bonds. The highest BCUT2D eigenvalue weighted by Gasteiger charge is 2.10. The zero-order chi connectivity index (χ0) is 11.7. The van der Waals surface area contributed by atoms with Crippen LogP contribution in [0.3, 0.4) is 0 Å². The molecule has 0 unspecified atom stereocenters. The molecule has 1 atom stereocenters. The van der Waals surface area contributed by atoms with Crippen molar-refractivity contribution in [2.24, 2.45) is 5.73 Å². The Bertz CT molecular complexity index is 182. The van der Waals surface area contributed by atoms with Gasteiger partial charge in [-0.3, -0.25) is 4.79 Å². The lowest BCUT2D eigenvalue weighted by atomic mass is 10.2. The van der Waals surface area contributed by atoms with Gasteiger partial charge in [-0.15, -0.1) is 24.8 Å². The molecule has 3 N–H and O–H groups in total. The maximum atomic E-state index is 11.3. The summed E-state index contributed by atoms with van der Waals surface area (Å²) in [5.41, 5.74) is 5.60. The molecule has 0 saturated carbocycles. The number of nitrogens with one attached hydrogen (secondary N) is 1. The van der Waals surface area contributed by atoms with E-state index in [0.717, 1.165) is 26.1 Å². The van der Waals surface area contributed by atoms with Gasteiger partial charge in [-0.05, 0) is 25.9 Å². The second-order valence-electron chi connectivity index (χ2n) is 3.74. The SMILES string of the molecule is CCCN(CC)CCNC(=O)[C@@H](N)CC.Cl.Cl. The third-order valence-electron chi connectivity index (χ3n) is 2.49. The van der Waals surface area contributed by atoms with E-state index in [9.17, 15) is 4.79 Å². The van der Waals surface area contributed by atoms with Crippen molar-refractivity contribution in [2.75, 3.05) is 26.2 Å². The molecule has 0 fully saturated rings. The smallest absolute Gasteiger partial charge is 0.236 e. The Morgan fingerprint density at radius 1 is 1.24 bits per heavy atom. The molecule has 0 spiro atoms. The minimum atomic E-state index is -0.355. The van der Waals surface area contributed by atoms with Crippen molar-refractivity contribution in [1.82, 2.24) is 10.2 Å². The van der Waals surface area contributed by atoms with Gasteiger partial charge in [0.15, 0.2) is 0 Å². The van der Waals surface area contributed by atoms with Crippen molar-refractivity contribution in [3.8, 4) is 0 Å². The summed E-state index contributed by atoms with van der Waals surface area (Å²) in [6.07, 6.45) is 1.84. The second-order valence-corrected chi connectivity index (χ2v) is 3.74. The fourth-order valence-electron chi connectivity index (χ4n) is 1.40. The molecule has 0 aromatic carbocycles. The van der Waals surface area contributed by atoms with E-state index in [1.54, 1.807) is 0 Å². The van der Waals surface area contributed by atoms with E-state index in [-0.39, 0.29) is 36.8 Å². The van der Waals surface area contributed by atoms with Crippen molar-refractivity contribution >= 4 is 30.7 Å². The topological polar surface area (TPSA) is 58.4 Å². The van der Waals surface area contributed by atoms with Crippen molar-refractivity contribution < 1.29 is 4.79 Å². The van der Waals surface area contributed by atoms with Crippen molar-refractivity contribution in [3.63, 3.8) is 0 Å². The van der Waals surface area contributed by atoms with Crippen LogP contribution in [0.1, 0.15) is 33.6 Å². The first-order valence-corrected chi connectivity index (χ1v) is 5.91. The van der Waals surface area contributed by atoms with Crippen LogP contribution >= 0.6 is 24.8 Å². The predicted octanol–water partition coefficient (Wildman–Crippen LogP) is 1.42. The Hall–Kier alpha value is -0.0300. The summed E-state index contributed by atoms with van der Waals surface area (Å²) < 4.78 is 0. The van der Waals surface area contributed by atoms with E-state index in [1.165, 1.54) is 0 Å². The standard InChI is InChI=1S/C11H25N3O.2ClH/c1-4-8-14(6-3)9-7-13-11(15)10(12)5-2;;/h10H,4-9,12H2,1-3H3,(H,13,15);2*1H/t10-;;/m0../s1. The number of nitrogens with zero attached hydrogens (tertiary/aromatic N) is 1. The molecule has 17 heavy (non-hydrogen) atoms. The Morgan fingerprint density at radius 2 is 1.82 bits per heavy atom. The molecule has 6 heteroatoms. The molecule has 0 aromatic heterocycles. The van der Waals surface area contributed by atoms with Crippen LogP contribution in [0, 0.1) is 0 Å². The molecular weight excluding hydrogens is 261 g/mol. The zero-order valence-corrected chi connectivity index (χ0v) is 12.7. The van der Waals surface area contributed by atoms with Crippen LogP contribution in [0.4, 0.5) is 0 Å². The molecular formula is C11H27Cl2N3O. The lowest BCUT2D eigenvalue weighted by Gasteiger charge is -2.20. The summed E-state index contributed by atoms with van der Waals surface area (Å²) in [5, 5.41) is 2.85. The van der Waals surface area contributed by atoms with Crippen molar-refractivity contribution in [3.05, 3.63) is 0 Å². The van der Waals surface area contributed by atoms with Gasteiger partial charge >= 0.3 is 0 Å². The number of amides is 1. The van der Waals surface area contributed by atoms with Crippen LogP contribution in [-0.2, 0) is 4.79 Å². The van der Waals surface area contributed by atoms with Gasteiger partial charge in [0.1, 0.15) is 0 Å². The number of likely N-dealkylation sites (N-methyl/N-ethyl adjacent to an activating group) is 1. The number of hydrogen-bond donors (Lipinski definition) is 2. The quantitative estimate of drug-likeness (QED) is 0.710. The first-order valence-electron chi connectivity index (χ1n) is 5.91. The molecule has 0 bridgehead atoms. The summed E-state index contributed by atoms with van der Waals surface area (Å²) in [6.45, 7) is 9.94. The molecule has 106 valence electrons. The predicted molar refractivity (Wildman–Crippen MR) is 78.2 cm³/mol. The Balaban J connectivity index is -0.000000980. The Kier molecular flexibility index (Phi) is 18.3. The Labute approximate surface area is 118 Å². The number of carbonyl (C=O) groups is 1. The van der Waals surface area contributed by atoms with E-state index < -0.39 is 0 Å².